The molecule has 1 unspecified atom stereocenters. The van der Waals surface area contributed by atoms with Crippen molar-refractivity contribution in [3.8, 4) is 0 Å². The van der Waals surface area contributed by atoms with Crippen molar-refractivity contribution in [2.45, 2.75) is 64.8 Å². The fraction of sp³-hybridized carbons (Fsp3) is 0.857. The third-order valence-electron chi connectivity index (χ3n) is 3.94. The van der Waals surface area contributed by atoms with E-state index in [1.807, 2.05) is 0 Å². The predicted molar refractivity (Wildman–Crippen MR) is 70.9 cm³/mol. The van der Waals surface area contributed by atoms with E-state index in [0.717, 1.165) is 18.3 Å². The molecule has 1 aliphatic rings. The van der Waals surface area contributed by atoms with Crippen LogP contribution in [0.25, 0.3) is 0 Å². The number of hydrogen-bond acceptors (Lipinski definition) is 2. The lowest BCUT2D eigenvalue weighted by molar-refractivity contribution is 0.213. The molecule has 2 nitrogen and oxygen atoms in total. The first-order valence-electron chi connectivity index (χ1n) is 6.77. The summed E-state index contributed by atoms with van der Waals surface area (Å²) in [5, 5.41) is 0. The Morgan fingerprint density at radius 1 is 1.38 bits per heavy atom. The van der Waals surface area contributed by atoms with Crippen molar-refractivity contribution in [1.29, 1.82) is 0 Å². The van der Waals surface area contributed by atoms with Gasteiger partial charge in [-0.15, -0.1) is 6.58 Å². The monoisotopic (exact) mass is 224 g/mol. The quantitative estimate of drug-likeness (QED) is 0.412. The van der Waals surface area contributed by atoms with E-state index in [4.69, 9.17) is 5.84 Å². The lowest BCUT2D eigenvalue weighted by Gasteiger charge is -2.33. The van der Waals surface area contributed by atoms with Gasteiger partial charge in [-0.25, -0.2) is 0 Å². The molecule has 0 aromatic carbocycles. The average molecular weight is 224 g/mol. The molecule has 3 N–H and O–H groups in total. The highest BCUT2D eigenvalue weighted by Gasteiger charge is 2.26. The molecule has 1 atom stereocenters. The van der Waals surface area contributed by atoms with E-state index in [2.05, 4.69) is 25.9 Å². The van der Waals surface area contributed by atoms with Crippen molar-refractivity contribution in [3.05, 3.63) is 12.2 Å². The minimum absolute atomic E-state index is 0.445. The topological polar surface area (TPSA) is 38.0 Å². The van der Waals surface area contributed by atoms with E-state index < -0.39 is 0 Å². The van der Waals surface area contributed by atoms with Gasteiger partial charge in [0.05, 0.1) is 0 Å². The number of rotatable bonds is 6. The van der Waals surface area contributed by atoms with Gasteiger partial charge >= 0.3 is 0 Å². The van der Waals surface area contributed by atoms with Crippen LogP contribution in [0.5, 0.6) is 0 Å². The van der Waals surface area contributed by atoms with Crippen molar-refractivity contribution in [2.75, 3.05) is 0 Å². The average Bonchev–Trinajstić information content (AvgIpc) is 2.27. The van der Waals surface area contributed by atoms with Gasteiger partial charge in [0.1, 0.15) is 0 Å². The Morgan fingerprint density at radius 2 is 2.00 bits per heavy atom. The van der Waals surface area contributed by atoms with Crippen LogP contribution in [0.2, 0.25) is 0 Å². The minimum Gasteiger partial charge on any atom is -0.271 e. The smallest absolute Gasteiger partial charge is 0.0275 e. The molecule has 0 amide bonds. The summed E-state index contributed by atoms with van der Waals surface area (Å²) < 4.78 is 0. The zero-order valence-corrected chi connectivity index (χ0v) is 11.0. The van der Waals surface area contributed by atoms with Gasteiger partial charge in [-0.3, -0.25) is 11.3 Å². The summed E-state index contributed by atoms with van der Waals surface area (Å²) in [6, 6.07) is 0.445. The van der Waals surface area contributed by atoms with E-state index in [-0.39, 0.29) is 0 Å². The second-order valence-electron chi connectivity index (χ2n) is 5.50. The number of nitrogens with one attached hydrogen (secondary N) is 1. The first-order valence-corrected chi connectivity index (χ1v) is 6.77. The molecule has 1 rings (SSSR count). The van der Waals surface area contributed by atoms with Gasteiger partial charge in [0, 0.05) is 6.04 Å². The predicted octanol–water partition coefficient (Wildman–Crippen LogP) is 3.39. The van der Waals surface area contributed by atoms with Crippen LogP contribution in [0.15, 0.2) is 12.2 Å². The highest BCUT2D eigenvalue weighted by atomic mass is 15.2. The second-order valence-corrected chi connectivity index (χ2v) is 5.50. The fourth-order valence-corrected chi connectivity index (χ4v) is 3.02. The maximum absolute atomic E-state index is 5.65. The molecule has 0 saturated heterocycles. The SMILES string of the molecule is C=C(C)CC(NN)C1CCC(CCC)CC1. The summed E-state index contributed by atoms with van der Waals surface area (Å²) in [4.78, 5) is 0. The summed E-state index contributed by atoms with van der Waals surface area (Å²) in [5.41, 5.74) is 4.22. The molecule has 0 spiro atoms. The Labute approximate surface area is 101 Å². The van der Waals surface area contributed by atoms with Crippen LogP contribution in [0.4, 0.5) is 0 Å². The lowest BCUT2D eigenvalue weighted by atomic mass is 9.76. The van der Waals surface area contributed by atoms with Gasteiger partial charge in [-0.2, -0.15) is 0 Å². The molecule has 16 heavy (non-hydrogen) atoms. The minimum atomic E-state index is 0.445. The molecule has 1 fully saturated rings. The number of hydrazine groups is 1. The van der Waals surface area contributed by atoms with Crippen LogP contribution in [-0.4, -0.2) is 6.04 Å². The van der Waals surface area contributed by atoms with Crippen molar-refractivity contribution in [2.24, 2.45) is 17.7 Å². The molecular formula is C14H28N2. The van der Waals surface area contributed by atoms with Crippen molar-refractivity contribution < 1.29 is 0 Å². The first kappa shape index (κ1) is 13.7. The van der Waals surface area contributed by atoms with E-state index in [0.29, 0.717) is 6.04 Å². The van der Waals surface area contributed by atoms with E-state index in [1.165, 1.54) is 44.1 Å². The standard InChI is InChI=1S/C14H28N2/c1-4-5-12-6-8-13(9-7-12)14(16-15)10-11(2)3/h12-14,16H,2,4-10,15H2,1,3H3. The Hall–Kier alpha value is -0.340. The van der Waals surface area contributed by atoms with Gasteiger partial charge in [0.2, 0.25) is 0 Å². The second kappa shape index (κ2) is 7.08. The highest BCUT2D eigenvalue weighted by Crippen LogP contribution is 2.34. The number of nitrogens with two attached hydrogens (primary N) is 1. The van der Waals surface area contributed by atoms with Crippen molar-refractivity contribution >= 4 is 0 Å². The van der Waals surface area contributed by atoms with E-state index in [9.17, 15) is 0 Å². The zero-order valence-electron chi connectivity index (χ0n) is 11.0. The molecule has 1 aliphatic carbocycles. The fourth-order valence-electron chi connectivity index (χ4n) is 3.02. The largest absolute Gasteiger partial charge is 0.271 e. The normalized spacial score (nSPS) is 27.7. The van der Waals surface area contributed by atoms with Gasteiger partial charge in [-0.05, 0) is 38.0 Å². The first-order chi connectivity index (χ1) is 7.67. The number of hydrogen-bond donors (Lipinski definition) is 2. The molecule has 0 heterocycles. The van der Waals surface area contributed by atoms with E-state index >= 15 is 0 Å². The van der Waals surface area contributed by atoms with Gasteiger partial charge < -0.3 is 0 Å². The lowest BCUT2D eigenvalue weighted by Crippen LogP contribution is -2.42. The Bertz CT molecular complexity index is 205. The molecule has 0 bridgehead atoms. The maximum Gasteiger partial charge on any atom is 0.0275 e. The Kier molecular flexibility index (Phi) is 6.07. The molecule has 1 saturated carbocycles. The summed E-state index contributed by atoms with van der Waals surface area (Å²) in [7, 11) is 0. The Balaban J connectivity index is 2.35. The van der Waals surface area contributed by atoms with Gasteiger partial charge in [-0.1, -0.05) is 38.2 Å². The van der Waals surface area contributed by atoms with Crippen LogP contribution < -0.4 is 11.3 Å². The molecule has 94 valence electrons. The van der Waals surface area contributed by atoms with Crippen LogP contribution in [0, 0.1) is 11.8 Å². The molecule has 0 aromatic rings. The zero-order chi connectivity index (χ0) is 12.0. The van der Waals surface area contributed by atoms with Gasteiger partial charge in [0.25, 0.3) is 0 Å². The van der Waals surface area contributed by atoms with Gasteiger partial charge in [0.15, 0.2) is 0 Å². The van der Waals surface area contributed by atoms with Crippen LogP contribution in [-0.2, 0) is 0 Å². The molecular weight excluding hydrogens is 196 g/mol. The molecule has 0 radical (unpaired) electrons. The third kappa shape index (κ3) is 4.26. The van der Waals surface area contributed by atoms with Crippen LogP contribution >= 0.6 is 0 Å². The summed E-state index contributed by atoms with van der Waals surface area (Å²) >= 11 is 0. The third-order valence-corrected chi connectivity index (χ3v) is 3.94. The summed E-state index contributed by atoms with van der Waals surface area (Å²) in [6.45, 7) is 8.37. The summed E-state index contributed by atoms with van der Waals surface area (Å²) in [6.07, 6.45) is 9.24. The Morgan fingerprint density at radius 3 is 2.44 bits per heavy atom. The molecule has 0 aromatic heterocycles. The van der Waals surface area contributed by atoms with E-state index in [1.54, 1.807) is 0 Å². The molecule has 2 heteroatoms. The summed E-state index contributed by atoms with van der Waals surface area (Å²) in [5.74, 6) is 7.39. The maximum atomic E-state index is 5.65. The van der Waals surface area contributed by atoms with Crippen molar-refractivity contribution in [1.82, 2.24) is 5.43 Å². The molecule has 0 aliphatic heterocycles. The van der Waals surface area contributed by atoms with Crippen LogP contribution in [0.1, 0.15) is 58.8 Å². The van der Waals surface area contributed by atoms with Crippen LogP contribution in [0.3, 0.4) is 0 Å². The van der Waals surface area contributed by atoms with Crippen molar-refractivity contribution in [3.63, 3.8) is 0 Å². The highest BCUT2D eigenvalue weighted by molar-refractivity contribution is 4.95.